The maximum atomic E-state index is 5.58. The number of nitrogens with one attached hydrogen (secondary N) is 1. The van der Waals surface area contributed by atoms with Crippen molar-refractivity contribution in [2.24, 2.45) is 0 Å². The van der Waals surface area contributed by atoms with Crippen LogP contribution >= 0.6 is 0 Å². The highest BCUT2D eigenvalue weighted by molar-refractivity contribution is 5.61. The first-order chi connectivity index (χ1) is 10.2. The Bertz CT molecular complexity index is 652. The van der Waals surface area contributed by atoms with Crippen molar-refractivity contribution >= 4 is 5.69 Å². The van der Waals surface area contributed by atoms with Crippen LogP contribution in [-0.4, -0.2) is 13.7 Å². The van der Waals surface area contributed by atoms with Gasteiger partial charge in [0.25, 0.3) is 0 Å². The third-order valence-corrected chi connectivity index (χ3v) is 3.99. The Morgan fingerprint density at radius 1 is 1.14 bits per heavy atom. The maximum absolute atomic E-state index is 5.58. The summed E-state index contributed by atoms with van der Waals surface area (Å²) in [5.74, 6) is 1.86. The summed E-state index contributed by atoms with van der Waals surface area (Å²) >= 11 is 0. The first-order valence-electron chi connectivity index (χ1n) is 7.38. The van der Waals surface area contributed by atoms with Crippen LogP contribution in [0.1, 0.15) is 29.7 Å². The van der Waals surface area contributed by atoms with Crippen molar-refractivity contribution in [1.82, 2.24) is 0 Å². The second-order valence-electron chi connectivity index (χ2n) is 5.38. The standard InChI is InChI=1S/C18H21NO2/c1-4-21-15-6-8-17-13(10-15)11-18(19-17)16-7-5-14(20-3)9-12(16)2/h5-10,18-19H,4,11H2,1-3H3. The van der Waals surface area contributed by atoms with Gasteiger partial charge in [0.1, 0.15) is 11.5 Å². The van der Waals surface area contributed by atoms with Crippen LogP contribution in [0.25, 0.3) is 0 Å². The van der Waals surface area contributed by atoms with Crippen molar-refractivity contribution in [3.05, 3.63) is 53.1 Å². The molecular formula is C18H21NO2. The molecule has 1 unspecified atom stereocenters. The number of ether oxygens (including phenoxy) is 2. The molecule has 0 spiro atoms. The van der Waals surface area contributed by atoms with E-state index in [1.807, 2.05) is 19.1 Å². The molecule has 1 aliphatic rings. The van der Waals surface area contributed by atoms with Crippen molar-refractivity contribution in [3.63, 3.8) is 0 Å². The van der Waals surface area contributed by atoms with Crippen LogP contribution in [0.2, 0.25) is 0 Å². The Morgan fingerprint density at radius 3 is 2.67 bits per heavy atom. The molecule has 0 aliphatic carbocycles. The lowest BCUT2D eigenvalue weighted by atomic mass is 9.98. The molecule has 0 amide bonds. The van der Waals surface area contributed by atoms with Gasteiger partial charge in [-0.25, -0.2) is 0 Å². The fourth-order valence-corrected chi connectivity index (χ4v) is 2.95. The summed E-state index contributed by atoms with van der Waals surface area (Å²) in [4.78, 5) is 0. The molecule has 3 nitrogen and oxygen atoms in total. The summed E-state index contributed by atoms with van der Waals surface area (Å²) in [6, 6.07) is 12.9. The number of hydrogen-bond donors (Lipinski definition) is 1. The number of rotatable bonds is 4. The van der Waals surface area contributed by atoms with Gasteiger partial charge in [-0.2, -0.15) is 0 Å². The van der Waals surface area contributed by atoms with Gasteiger partial charge in [-0.1, -0.05) is 6.07 Å². The lowest BCUT2D eigenvalue weighted by Gasteiger charge is -2.15. The van der Waals surface area contributed by atoms with Crippen molar-refractivity contribution < 1.29 is 9.47 Å². The van der Waals surface area contributed by atoms with E-state index < -0.39 is 0 Å². The molecule has 3 heteroatoms. The fourth-order valence-electron chi connectivity index (χ4n) is 2.95. The second kappa shape index (κ2) is 5.68. The van der Waals surface area contributed by atoms with Gasteiger partial charge < -0.3 is 14.8 Å². The molecule has 0 saturated heterocycles. The van der Waals surface area contributed by atoms with Gasteiger partial charge >= 0.3 is 0 Å². The minimum atomic E-state index is 0.322. The maximum Gasteiger partial charge on any atom is 0.119 e. The summed E-state index contributed by atoms with van der Waals surface area (Å²) < 4.78 is 10.9. The predicted molar refractivity (Wildman–Crippen MR) is 85.4 cm³/mol. The van der Waals surface area contributed by atoms with Crippen LogP contribution in [0.4, 0.5) is 5.69 Å². The highest BCUT2D eigenvalue weighted by Crippen LogP contribution is 2.37. The molecule has 1 atom stereocenters. The number of benzene rings is 2. The van der Waals surface area contributed by atoms with Gasteiger partial charge in [0.2, 0.25) is 0 Å². The zero-order valence-electron chi connectivity index (χ0n) is 12.8. The zero-order valence-corrected chi connectivity index (χ0v) is 12.8. The normalized spacial score (nSPS) is 16.2. The molecule has 3 rings (SSSR count). The molecule has 1 heterocycles. The molecule has 21 heavy (non-hydrogen) atoms. The molecule has 0 bridgehead atoms. The average Bonchev–Trinajstić information content (AvgIpc) is 2.90. The van der Waals surface area contributed by atoms with Crippen LogP contribution in [0.5, 0.6) is 11.5 Å². The molecule has 110 valence electrons. The topological polar surface area (TPSA) is 30.5 Å². The molecule has 0 saturated carbocycles. The third kappa shape index (κ3) is 2.68. The molecule has 0 aromatic heterocycles. The number of anilines is 1. The minimum Gasteiger partial charge on any atom is -0.497 e. The predicted octanol–water partition coefficient (Wildman–Crippen LogP) is 4.11. The molecule has 1 aliphatic heterocycles. The fraction of sp³-hybridized carbons (Fsp3) is 0.333. The molecule has 1 N–H and O–H groups in total. The second-order valence-corrected chi connectivity index (χ2v) is 5.38. The summed E-state index contributed by atoms with van der Waals surface area (Å²) in [5.41, 5.74) is 5.11. The van der Waals surface area contributed by atoms with E-state index in [-0.39, 0.29) is 0 Å². The zero-order chi connectivity index (χ0) is 14.8. The van der Waals surface area contributed by atoms with Crippen LogP contribution in [0.15, 0.2) is 36.4 Å². The summed E-state index contributed by atoms with van der Waals surface area (Å²) in [6.07, 6.45) is 0.990. The third-order valence-electron chi connectivity index (χ3n) is 3.99. The van der Waals surface area contributed by atoms with Gasteiger partial charge in [0, 0.05) is 5.69 Å². The molecule has 0 fully saturated rings. The summed E-state index contributed by atoms with van der Waals surface area (Å²) in [6.45, 7) is 4.84. The van der Waals surface area contributed by atoms with E-state index in [9.17, 15) is 0 Å². The monoisotopic (exact) mass is 283 g/mol. The highest BCUT2D eigenvalue weighted by atomic mass is 16.5. The van der Waals surface area contributed by atoms with Crippen LogP contribution in [0.3, 0.4) is 0 Å². The Labute approximate surface area is 125 Å². The van der Waals surface area contributed by atoms with E-state index in [1.165, 1.54) is 22.4 Å². The van der Waals surface area contributed by atoms with Gasteiger partial charge in [-0.3, -0.25) is 0 Å². The Kier molecular flexibility index (Phi) is 3.74. The largest absolute Gasteiger partial charge is 0.497 e. The van der Waals surface area contributed by atoms with Crippen LogP contribution in [0, 0.1) is 6.92 Å². The number of aryl methyl sites for hydroxylation is 1. The SMILES string of the molecule is CCOc1ccc2c(c1)CC(c1ccc(OC)cc1C)N2. The van der Waals surface area contributed by atoms with E-state index in [0.717, 1.165) is 17.9 Å². The number of methoxy groups -OCH3 is 1. The van der Waals surface area contributed by atoms with E-state index in [4.69, 9.17) is 9.47 Å². The molecule has 2 aromatic rings. The Hall–Kier alpha value is -2.16. The van der Waals surface area contributed by atoms with E-state index in [2.05, 4.69) is 36.5 Å². The summed E-state index contributed by atoms with van der Waals surface area (Å²) in [5, 5.41) is 3.60. The van der Waals surface area contributed by atoms with Gasteiger partial charge in [0.15, 0.2) is 0 Å². The van der Waals surface area contributed by atoms with Crippen molar-refractivity contribution in [3.8, 4) is 11.5 Å². The lowest BCUT2D eigenvalue weighted by Crippen LogP contribution is -2.07. The first kappa shape index (κ1) is 13.8. The first-order valence-corrected chi connectivity index (χ1v) is 7.38. The highest BCUT2D eigenvalue weighted by Gasteiger charge is 2.23. The smallest absolute Gasteiger partial charge is 0.119 e. The van der Waals surface area contributed by atoms with Crippen molar-refractivity contribution in [1.29, 1.82) is 0 Å². The van der Waals surface area contributed by atoms with Crippen molar-refractivity contribution in [2.45, 2.75) is 26.3 Å². The van der Waals surface area contributed by atoms with Crippen LogP contribution < -0.4 is 14.8 Å². The van der Waals surface area contributed by atoms with E-state index in [0.29, 0.717) is 12.6 Å². The van der Waals surface area contributed by atoms with E-state index >= 15 is 0 Å². The van der Waals surface area contributed by atoms with Gasteiger partial charge in [-0.05, 0) is 67.3 Å². The molecular weight excluding hydrogens is 262 g/mol. The number of hydrogen-bond acceptors (Lipinski definition) is 3. The van der Waals surface area contributed by atoms with Crippen LogP contribution in [-0.2, 0) is 6.42 Å². The Morgan fingerprint density at radius 2 is 1.95 bits per heavy atom. The molecule has 0 radical (unpaired) electrons. The lowest BCUT2D eigenvalue weighted by molar-refractivity contribution is 0.340. The number of fused-ring (bicyclic) bond motifs is 1. The minimum absolute atomic E-state index is 0.322. The summed E-state index contributed by atoms with van der Waals surface area (Å²) in [7, 11) is 1.70. The quantitative estimate of drug-likeness (QED) is 0.916. The Balaban J connectivity index is 1.84. The van der Waals surface area contributed by atoms with Gasteiger partial charge in [-0.15, -0.1) is 0 Å². The van der Waals surface area contributed by atoms with E-state index in [1.54, 1.807) is 7.11 Å². The van der Waals surface area contributed by atoms with Crippen molar-refractivity contribution in [2.75, 3.05) is 19.0 Å². The average molecular weight is 283 g/mol. The van der Waals surface area contributed by atoms with Gasteiger partial charge in [0.05, 0.1) is 19.8 Å². The molecule has 2 aromatic carbocycles.